The van der Waals surface area contributed by atoms with Gasteiger partial charge >= 0.3 is 0 Å². The number of aromatic nitrogens is 1. The highest BCUT2D eigenvalue weighted by Crippen LogP contribution is 2.21. The first-order valence-electron chi connectivity index (χ1n) is 10.2. The van der Waals surface area contributed by atoms with E-state index in [1.165, 1.54) is 22.2 Å². The molecule has 1 saturated heterocycles. The third-order valence-electron chi connectivity index (χ3n) is 5.52. The van der Waals surface area contributed by atoms with Crippen molar-refractivity contribution in [2.45, 2.75) is 33.1 Å². The molecule has 5 nitrogen and oxygen atoms in total. The van der Waals surface area contributed by atoms with Crippen LogP contribution in [0.25, 0.3) is 10.9 Å². The molecule has 1 aromatic heterocycles. The second-order valence-corrected chi connectivity index (χ2v) is 7.64. The van der Waals surface area contributed by atoms with Gasteiger partial charge in [-0.1, -0.05) is 42.5 Å². The molecule has 0 saturated carbocycles. The molecule has 1 fully saturated rings. The molecule has 29 heavy (non-hydrogen) atoms. The molecule has 0 N–H and O–H groups in total. The van der Waals surface area contributed by atoms with Crippen molar-refractivity contribution < 1.29 is 14.3 Å². The van der Waals surface area contributed by atoms with Gasteiger partial charge in [-0.3, -0.25) is 4.79 Å². The Bertz CT molecular complexity index is 989. The SMILES string of the molecule is Cc1cc2ccccc2n1Cc1cccc(CO[C@H](C)C(=O)N2CCOCC2)c1. The average molecular weight is 392 g/mol. The maximum Gasteiger partial charge on any atom is 0.251 e. The Kier molecular flexibility index (Phi) is 5.97. The molecule has 0 unspecified atom stereocenters. The number of aryl methyl sites for hydroxylation is 1. The Hall–Kier alpha value is -2.63. The third kappa shape index (κ3) is 4.52. The van der Waals surface area contributed by atoms with Gasteiger partial charge in [-0.25, -0.2) is 0 Å². The Morgan fingerprint density at radius 1 is 1.07 bits per heavy atom. The Labute approximate surface area is 171 Å². The fourth-order valence-corrected chi connectivity index (χ4v) is 3.89. The van der Waals surface area contributed by atoms with E-state index in [9.17, 15) is 4.79 Å². The minimum Gasteiger partial charge on any atom is -0.378 e. The molecule has 4 rings (SSSR count). The summed E-state index contributed by atoms with van der Waals surface area (Å²) in [5.74, 6) is 0.0406. The molecular formula is C24H28N2O3. The summed E-state index contributed by atoms with van der Waals surface area (Å²) in [6, 6.07) is 19.1. The van der Waals surface area contributed by atoms with Crippen molar-refractivity contribution in [3.05, 3.63) is 71.4 Å². The van der Waals surface area contributed by atoms with Crippen LogP contribution in [0.3, 0.4) is 0 Å². The molecule has 1 aliphatic rings. The van der Waals surface area contributed by atoms with E-state index in [1.807, 2.05) is 11.8 Å². The molecule has 0 bridgehead atoms. The van der Waals surface area contributed by atoms with Gasteiger partial charge in [-0.2, -0.15) is 0 Å². The van der Waals surface area contributed by atoms with Crippen molar-refractivity contribution in [1.29, 1.82) is 0 Å². The number of morpholine rings is 1. The fourth-order valence-electron chi connectivity index (χ4n) is 3.89. The van der Waals surface area contributed by atoms with Gasteiger partial charge in [0.2, 0.25) is 0 Å². The zero-order valence-electron chi connectivity index (χ0n) is 17.1. The molecule has 2 heterocycles. The van der Waals surface area contributed by atoms with Crippen LogP contribution in [0, 0.1) is 6.92 Å². The number of carbonyl (C=O) groups excluding carboxylic acids is 1. The number of benzene rings is 2. The number of amides is 1. The minimum atomic E-state index is -0.451. The molecule has 5 heteroatoms. The van der Waals surface area contributed by atoms with Gasteiger partial charge in [0, 0.05) is 30.8 Å². The second-order valence-electron chi connectivity index (χ2n) is 7.64. The smallest absolute Gasteiger partial charge is 0.251 e. The van der Waals surface area contributed by atoms with Crippen molar-refractivity contribution >= 4 is 16.8 Å². The van der Waals surface area contributed by atoms with Crippen molar-refractivity contribution in [2.24, 2.45) is 0 Å². The minimum absolute atomic E-state index is 0.0406. The summed E-state index contributed by atoms with van der Waals surface area (Å²) in [5, 5.41) is 1.26. The van der Waals surface area contributed by atoms with Crippen LogP contribution in [0.5, 0.6) is 0 Å². The molecule has 152 valence electrons. The molecule has 0 spiro atoms. The maximum atomic E-state index is 12.5. The number of rotatable bonds is 6. The van der Waals surface area contributed by atoms with Crippen LogP contribution in [0.15, 0.2) is 54.6 Å². The first-order chi connectivity index (χ1) is 14.1. The lowest BCUT2D eigenvalue weighted by atomic mass is 10.1. The molecule has 0 radical (unpaired) electrons. The van der Waals surface area contributed by atoms with Crippen LogP contribution in [-0.4, -0.2) is 47.8 Å². The lowest BCUT2D eigenvalue weighted by molar-refractivity contribution is -0.147. The van der Waals surface area contributed by atoms with Crippen molar-refractivity contribution in [3.8, 4) is 0 Å². The molecular weight excluding hydrogens is 364 g/mol. The van der Waals surface area contributed by atoms with E-state index in [1.54, 1.807) is 0 Å². The zero-order valence-corrected chi connectivity index (χ0v) is 17.1. The third-order valence-corrected chi connectivity index (χ3v) is 5.52. The Morgan fingerprint density at radius 2 is 1.83 bits per heavy atom. The number of nitrogens with zero attached hydrogens (tertiary/aromatic N) is 2. The van der Waals surface area contributed by atoms with Gasteiger partial charge in [0.05, 0.1) is 19.8 Å². The predicted molar refractivity (Wildman–Crippen MR) is 114 cm³/mol. The number of carbonyl (C=O) groups is 1. The fraction of sp³-hybridized carbons (Fsp3) is 0.375. The lowest BCUT2D eigenvalue weighted by Crippen LogP contribution is -2.45. The number of hydrogen-bond donors (Lipinski definition) is 0. The molecule has 3 aromatic rings. The van der Waals surface area contributed by atoms with Gasteiger partial charge in [0.15, 0.2) is 0 Å². The quantitative estimate of drug-likeness (QED) is 0.642. The Balaban J connectivity index is 1.41. The van der Waals surface area contributed by atoms with Crippen LogP contribution in [0.1, 0.15) is 23.7 Å². The molecule has 1 atom stereocenters. The van der Waals surface area contributed by atoms with Crippen molar-refractivity contribution in [2.75, 3.05) is 26.3 Å². The summed E-state index contributed by atoms with van der Waals surface area (Å²) in [6.07, 6.45) is -0.451. The number of hydrogen-bond acceptors (Lipinski definition) is 3. The van der Waals surface area contributed by atoms with Crippen molar-refractivity contribution in [1.82, 2.24) is 9.47 Å². The van der Waals surface area contributed by atoms with E-state index >= 15 is 0 Å². The highest BCUT2D eigenvalue weighted by Gasteiger charge is 2.22. The second kappa shape index (κ2) is 8.80. The summed E-state index contributed by atoms with van der Waals surface area (Å²) in [4.78, 5) is 14.3. The maximum absolute atomic E-state index is 12.5. The van der Waals surface area contributed by atoms with E-state index < -0.39 is 6.10 Å². The standard InChI is InChI=1S/C24H28N2O3/c1-18-14-22-8-3-4-9-23(22)26(18)16-20-6-5-7-21(15-20)17-29-19(2)24(27)25-10-12-28-13-11-25/h3-9,14-15,19H,10-13,16-17H2,1-2H3/t19-/m1/s1. The van der Waals surface area contributed by atoms with Gasteiger partial charge in [-0.05, 0) is 42.5 Å². The van der Waals surface area contributed by atoms with Crippen LogP contribution >= 0.6 is 0 Å². The van der Waals surface area contributed by atoms with Gasteiger partial charge < -0.3 is 18.9 Å². The van der Waals surface area contributed by atoms with Crippen LogP contribution in [0.4, 0.5) is 0 Å². The highest BCUT2D eigenvalue weighted by molar-refractivity contribution is 5.81. The predicted octanol–water partition coefficient (Wildman–Crippen LogP) is 3.76. The van der Waals surface area contributed by atoms with E-state index in [4.69, 9.17) is 9.47 Å². The molecule has 2 aromatic carbocycles. The van der Waals surface area contributed by atoms with Crippen molar-refractivity contribution in [3.63, 3.8) is 0 Å². The van der Waals surface area contributed by atoms with E-state index in [-0.39, 0.29) is 5.91 Å². The van der Waals surface area contributed by atoms with Gasteiger partial charge in [0.25, 0.3) is 5.91 Å². The topological polar surface area (TPSA) is 43.7 Å². The molecule has 0 aliphatic carbocycles. The summed E-state index contributed by atoms with van der Waals surface area (Å²) >= 11 is 0. The number of para-hydroxylation sites is 1. The van der Waals surface area contributed by atoms with E-state index in [0.717, 1.165) is 12.1 Å². The van der Waals surface area contributed by atoms with E-state index in [0.29, 0.717) is 32.9 Å². The first kappa shape index (κ1) is 19.7. The zero-order chi connectivity index (χ0) is 20.2. The summed E-state index contributed by atoms with van der Waals surface area (Å²) < 4.78 is 13.5. The largest absolute Gasteiger partial charge is 0.378 e. The van der Waals surface area contributed by atoms with Crippen LogP contribution < -0.4 is 0 Å². The van der Waals surface area contributed by atoms with Gasteiger partial charge in [0.1, 0.15) is 6.10 Å². The normalized spacial score (nSPS) is 15.6. The molecule has 1 amide bonds. The van der Waals surface area contributed by atoms with E-state index in [2.05, 4.69) is 66.1 Å². The monoisotopic (exact) mass is 392 g/mol. The average Bonchev–Trinajstić information content (AvgIpc) is 3.07. The lowest BCUT2D eigenvalue weighted by Gasteiger charge is -2.29. The van der Waals surface area contributed by atoms with Gasteiger partial charge in [-0.15, -0.1) is 0 Å². The number of fused-ring (bicyclic) bond motifs is 1. The Morgan fingerprint density at radius 3 is 2.66 bits per heavy atom. The van der Waals surface area contributed by atoms with Crippen LogP contribution in [-0.2, 0) is 27.4 Å². The summed E-state index contributed by atoms with van der Waals surface area (Å²) in [7, 11) is 0. The van der Waals surface area contributed by atoms with Crippen LogP contribution in [0.2, 0.25) is 0 Å². The number of ether oxygens (including phenoxy) is 2. The molecule has 1 aliphatic heterocycles. The highest BCUT2D eigenvalue weighted by atomic mass is 16.5. The summed E-state index contributed by atoms with van der Waals surface area (Å²) in [5.41, 5.74) is 4.80. The first-order valence-corrected chi connectivity index (χ1v) is 10.2. The summed E-state index contributed by atoms with van der Waals surface area (Å²) in [6.45, 7) is 7.72.